The summed E-state index contributed by atoms with van der Waals surface area (Å²) in [5.41, 5.74) is 5.40. The maximum atomic E-state index is 12.5. The van der Waals surface area contributed by atoms with Crippen LogP contribution in [0.1, 0.15) is 33.6 Å². The molecule has 0 saturated heterocycles. The van der Waals surface area contributed by atoms with Crippen LogP contribution in [0.3, 0.4) is 0 Å². The molecule has 6 N–H and O–H groups in total. The van der Waals surface area contributed by atoms with Crippen molar-refractivity contribution in [2.45, 2.75) is 51.7 Å². The van der Waals surface area contributed by atoms with Crippen molar-refractivity contribution in [2.24, 2.45) is 11.7 Å². The molecule has 0 aliphatic carbocycles. The number of thioether (sulfide) groups is 1. The van der Waals surface area contributed by atoms with E-state index in [0.717, 1.165) is 0 Å². The Hall–Kier alpha value is -1.81. The molecule has 10 heteroatoms. The first-order chi connectivity index (χ1) is 12.1. The highest BCUT2D eigenvalue weighted by Gasteiger charge is 2.29. The number of nitrogens with one attached hydrogen (secondary N) is 3. The third-order valence-electron chi connectivity index (χ3n) is 3.87. The highest BCUT2D eigenvalue weighted by molar-refractivity contribution is 7.98. The minimum absolute atomic E-state index is 0.210. The summed E-state index contributed by atoms with van der Waals surface area (Å²) in [7, 11) is 0. The Morgan fingerprint density at radius 3 is 2.19 bits per heavy atom. The third-order valence-corrected chi connectivity index (χ3v) is 4.52. The molecule has 0 radical (unpaired) electrons. The van der Waals surface area contributed by atoms with Crippen molar-refractivity contribution >= 4 is 35.5 Å². The van der Waals surface area contributed by atoms with Gasteiger partial charge in [-0.05, 0) is 31.3 Å². The van der Waals surface area contributed by atoms with Crippen molar-refractivity contribution in [2.75, 3.05) is 18.6 Å². The van der Waals surface area contributed by atoms with Gasteiger partial charge >= 0.3 is 5.97 Å². The highest BCUT2D eigenvalue weighted by Crippen LogP contribution is 2.09. The van der Waals surface area contributed by atoms with Crippen LogP contribution in [0, 0.1) is 5.92 Å². The van der Waals surface area contributed by atoms with Crippen LogP contribution in [0.15, 0.2) is 0 Å². The van der Waals surface area contributed by atoms with E-state index in [1.807, 2.05) is 13.2 Å². The molecule has 0 spiro atoms. The molecular weight excluding hydrogens is 360 g/mol. The van der Waals surface area contributed by atoms with Crippen LogP contribution in [0.4, 0.5) is 0 Å². The van der Waals surface area contributed by atoms with Gasteiger partial charge in [-0.15, -0.1) is 0 Å². The molecule has 0 bridgehead atoms. The normalized spacial score (nSPS) is 15.3. The molecule has 0 aromatic rings. The Morgan fingerprint density at radius 1 is 1.12 bits per heavy atom. The van der Waals surface area contributed by atoms with E-state index >= 15 is 0 Å². The fourth-order valence-electron chi connectivity index (χ4n) is 2.01. The number of rotatable bonds is 12. The van der Waals surface area contributed by atoms with Gasteiger partial charge in [0.25, 0.3) is 0 Å². The van der Waals surface area contributed by atoms with Gasteiger partial charge in [0.15, 0.2) is 0 Å². The summed E-state index contributed by atoms with van der Waals surface area (Å²) in [4.78, 5) is 47.2. The van der Waals surface area contributed by atoms with Gasteiger partial charge in [0.1, 0.15) is 12.1 Å². The molecule has 0 heterocycles. The number of carbonyl (C=O) groups excluding carboxylic acids is 3. The van der Waals surface area contributed by atoms with Crippen molar-refractivity contribution in [3.63, 3.8) is 0 Å². The van der Waals surface area contributed by atoms with Gasteiger partial charge in [-0.3, -0.25) is 14.4 Å². The molecule has 0 aromatic carbocycles. The first kappa shape index (κ1) is 24.2. The molecule has 3 amide bonds. The summed E-state index contributed by atoms with van der Waals surface area (Å²) < 4.78 is 0. The lowest BCUT2D eigenvalue weighted by Crippen LogP contribution is -2.55. The number of hydrogen-bond acceptors (Lipinski definition) is 6. The van der Waals surface area contributed by atoms with Gasteiger partial charge in [-0.2, -0.15) is 11.8 Å². The number of hydrogen-bond donors (Lipinski definition) is 5. The van der Waals surface area contributed by atoms with Gasteiger partial charge in [0.05, 0.1) is 12.6 Å². The molecule has 0 aromatic heterocycles. The van der Waals surface area contributed by atoms with Gasteiger partial charge in [-0.1, -0.05) is 20.3 Å². The standard InChI is InChI=1S/C16H30N4O5S/c1-5-9(2)13(20-12(21)8-18-14(22)10(3)17)15(23)19-11(16(24)25)6-7-26-4/h9-11,13H,5-8,17H2,1-4H3,(H,18,22)(H,19,23)(H,20,21)(H,24,25). The van der Waals surface area contributed by atoms with E-state index in [9.17, 15) is 24.3 Å². The second kappa shape index (κ2) is 12.5. The quantitative estimate of drug-likeness (QED) is 0.296. The van der Waals surface area contributed by atoms with E-state index in [4.69, 9.17) is 5.73 Å². The van der Waals surface area contributed by atoms with Crippen LogP contribution in [0.25, 0.3) is 0 Å². The van der Waals surface area contributed by atoms with Crippen molar-refractivity contribution < 1.29 is 24.3 Å². The second-order valence-electron chi connectivity index (χ2n) is 6.12. The molecular formula is C16H30N4O5S. The number of carbonyl (C=O) groups is 4. The second-order valence-corrected chi connectivity index (χ2v) is 7.10. The van der Waals surface area contributed by atoms with Gasteiger partial charge in [0, 0.05) is 0 Å². The Bertz CT molecular complexity index is 501. The van der Waals surface area contributed by atoms with Gasteiger partial charge in [-0.25, -0.2) is 4.79 Å². The lowest BCUT2D eigenvalue weighted by molar-refractivity contribution is -0.142. The number of nitrogens with two attached hydrogens (primary N) is 1. The third kappa shape index (κ3) is 9.04. The van der Waals surface area contributed by atoms with Crippen molar-refractivity contribution in [3.05, 3.63) is 0 Å². The Kier molecular flexibility index (Phi) is 11.7. The lowest BCUT2D eigenvalue weighted by Gasteiger charge is -2.25. The number of amides is 3. The van der Waals surface area contributed by atoms with Crippen molar-refractivity contribution in [3.8, 4) is 0 Å². The Labute approximate surface area is 158 Å². The molecule has 150 valence electrons. The zero-order valence-corrected chi connectivity index (χ0v) is 16.5. The zero-order chi connectivity index (χ0) is 20.3. The first-order valence-electron chi connectivity index (χ1n) is 8.48. The largest absolute Gasteiger partial charge is 0.480 e. The number of carboxylic acid groups (broad SMARTS) is 1. The number of aliphatic carboxylic acids is 1. The van der Waals surface area contributed by atoms with Crippen LogP contribution in [-0.4, -0.2) is 65.5 Å². The maximum Gasteiger partial charge on any atom is 0.326 e. The molecule has 0 fully saturated rings. The fraction of sp³-hybridized carbons (Fsp3) is 0.750. The van der Waals surface area contributed by atoms with Crippen molar-refractivity contribution in [1.29, 1.82) is 0 Å². The molecule has 9 nitrogen and oxygen atoms in total. The summed E-state index contributed by atoms with van der Waals surface area (Å²) in [6.45, 7) is 4.82. The smallest absolute Gasteiger partial charge is 0.326 e. The van der Waals surface area contributed by atoms with Crippen molar-refractivity contribution in [1.82, 2.24) is 16.0 Å². The summed E-state index contributed by atoms with van der Waals surface area (Å²) >= 11 is 1.48. The van der Waals surface area contributed by atoms with Crippen LogP contribution >= 0.6 is 11.8 Å². The van der Waals surface area contributed by atoms with Crippen LogP contribution in [0.5, 0.6) is 0 Å². The van der Waals surface area contributed by atoms with Crippen LogP contribution < -0.4 is 21.7 Å². The highest BCUT2D eigenvalue weighted by atomic mass is 32.2. The summed E-state index contributed by atoms with van der Waals surface area (Å²) in [5.74, 6) is -2.33. The van der Waals surface area contributed by atoms with E-state index < -0.39 is 41.8 Å². The average molecular weight is 391 g/mol. The van der Waals surface area contributed by atoms with E-state index in [-0.39, 0.29) is 18.9 Å². The molecule has 0 aliphatic heterocycles. The SMILES string of the molecule is CCC(C)C(NC(=O)CNC(=O)C(C)N)C(=O)NC(CCSC)C(=O)O. The lowest BCUT2D eigenvalue weighted by atomic mass is 9.97. The van der Waals surface area contributed by atoms with E-state index in [1.54, 1.807) is 6.92 Å². The van der Waals surface area contributed by atoms with Gasteiger partial charge < -0.3 is 26.8 Å². The monoisotopic (exact) mass is 390 g/mol. The summed E-state index contributed by atoms with van der Waals surface area (Å²) in [6, 6.07) is -2.66. The molecule has 0 saturated carbocycles. The molecule has 4 atom stereocenters. The average Bonchev–Trinajstić information content (AvgIpc) is 2.59. The Morgan fingerprint density at radius 2 is 1.73 bits per heavy atom. The molecule has 0 rings (SSSR count). The molecule has 4 unspecified atom stereocenters. The van der Waals surface area contributed by atoms with Gasteiger partial charge in [0.2, 0.25) is 17.7 Å². The summed E-state index contributed by atoms with van der Waals surface area (Å²) in [6.07, 6.45) is 2.74. The number of carboxylic acids is 1. The maximum absolute atomic E-state index is 12.5. The van der Waals surface area contributed by atoms with E-state index in [0.29, 0.717) is 12.2 Å². The first-order valence-corrected chi connectivity index (χ1v) is 9.88. The minimum Gasteiger partial charge on any atom is -0.480 e. The fourth-order valence-corrected chi connectivity index (χ4v) is 2.48. The zero-order valence-electron chi connectivity index (χ0n) is 15.7. The molecule has 0 aliphatic rings. The summed E-state index contributed by atoms with van der Waals surface area (Å²) in [5, 5.41) is 16.6. The predicted molar refractivity (Wildman–Crippen MR) is 101 cm³/mol. The van der Waals surface area contributed by atoms with E-state index in [1.165, 1.54) is 18.7 Å². The predicted octanol–water partition coefficient (Wildman–Crippen LogP) is -0.697. The molecule has 26 heavy (non-hydrogen) atoms. The topological polar surface area (TPSA) is 151 Å². The Balaban J connectivity index is 4.90. The van der Waals surface area contributed by atoms with E-state index in [2.05, 4.69) is 16.0 Å². The van der Waals surface area contributed by atoms with Crippen LogP contribution in [-0.2, 0) is 19.2 Å². The minimum atomic E-state index is -1.12. The van der Waals surface area contributed by atoms with Crippen LogP contribution in [0.2, 0.25) is 0 Å².